The van der Waals surface area contributed by atoms with Crippen LogP contribution in [0, 0.1) is 0 Å². The van der Waals surface area contributed by atoms with Crippen LogP contribution in [-0.2, 0) is 14.3 Å². The minimum Gasteiger partial charge on any atom is -0.385 e. The average Bonchev–Trinajstić information content (AvgIpc) is 2.23. The van der Waals surface area contributed by atoms with Gasteiger partial charge in [0.05, 0.1) is 0 Å². The van der Waals surface area contributed by atoms with Crippen molar-refractivity contribution in [2.75, 3.05) is 26.8 Å². The molecule has 0 aliphatic rings. The summed E-state index contributed by atoms with van der Waals surface area (Å²) in [6.07, 6.45) is 1.16. The molecule has 2 amide bonds. The number of hydrogen-bond donors (Lipinski definition) is 1. The van der Waals surface area contributed by atoms with Crippen LogP contribution in [0.15, 0.2) is 0 Å². The second-order valence-corrected chi connectivity index (χ2v) is 4.25. The molecule has 0 radical (unpaired) electrons. The van der Waals surface area contributed by atoms with Crippen LogP contribution >= 0.6 is 0 Å². The summed E-state index contributed by atoms with van der Waals surface area (Å²) >= 11 is 0. The van der Waals surface area contributed by atoms with E-state index in [4.69, 9.17) is 4.74 Å². The Balaban J connectivity index is 3.77. The predicted molar refractivity (Wildman–Crippen MR) is 66.6 cm³/mol. The van der Waals surface area contributed by atoms with Crippen LogP contribution in [0.4, 0.5) is 0 Å². The van der Waals surface area contributed by atoms with E-state index in [2.05, 4.69) is 5.32 Å². The number of nitrogens with one attached hydrogen (secondary N) is 1. The summed E-state index contributed by atoms with van der Waals surface area (Å²) in [5.74, 6) is -0.0137. The van der Waals surface area contributed by atoms with E-state index in [1.54, 1.807) is 12.0 Å². The third-order valence-electron chi connectivity index (χ3n) is 2.45. The van der Waals surface area contributed by atoms with Gasteiger partial charge in [-0.15, -0.1) is 0 Å². The van der Waals surface area contributed by atoms with Crippen molar-refractivity contribution in [3.05, 3.63) is 0 Å². The SMILES string of the molecule is COCCCNC(=O)CCN(C(C)=O)C(C)C. The van der Waals surface area contributed by atoms with Gasteiger partial charge in [0.1, 0.15) is 0 Å². The Hall–Kier alpha value is -1.10. The largest absolute Gasteiger partial charge is 0.385 e. The van der Waals surface area contributed by atoms with E-state index in [1.807, 2.05) is 13.8 Å². The van der Waals surface area contributed by atoms with Gasteiger partial charge in [-0.3, -0.25) is 9.59 Å². The quantitative estimate of drug-likeness (QED) is 0.642. The number of hydrogen-bond acceptors (Lipinski definition) is 3. The van der Waals surface area contributed by atoms with Crippen molar-refractivity contribution in [2.24, 2.45) is 0 Å². The van der Waals surface area contributed by atoms with Gasteiger partial charge in [-0.1, -0.05) is 0 Å². The molecule has 0 atom stereocenters. The standard InChI is InChI=1S/C12H24N2O3/c1-10(2)14(11(3)15)8-6-12(16)13-7-5-9-17-4/h10H,5-9H2,1-4H3,(H,13,16). The van der Waals surface area contributed by atoms with Crippen LogP contribution in [0.25, 0.3) is 0 Å². The predicted octanol–water partition coefficient (Wildman–Crippen LogP) is 0.786. The number of carbonyl (C=O) groups is 2. The first kappa shape index (κ1) is 15.9. The lowest BCUT2D eigenvalue weighted by molar-refractivity contribution is -0.131. The molecule has 0 rings (SSSR count). The van der Waals surface area contributed by atoms with Gasteiger partial charge in [0.2, 0.25) is 11.8 Å². The molecular formula is C12H24N2O3. The van der Waals surface area contributed by atoms with Gasteiger partial charge >= 0.3 is 0 Å². The Labute approximate surface area is 103 Å². The topological polar surface area (TPSA) is 58.6 Å². The molecule has 0 fully saturated rings. The molecule has 0 saturated carbocycles. The minimum atomic E-state index is -0.0204. The fourth-order valence-corrected chi connectivity index (χ4v) is 1.53. The van der Waals surface area contributed by atoms with Crippen molar-refractivity contribution >= 4 is 11.8 Å². The molecule has 0 aromatic carbocycles. The molecule has 0 aliphatic heterocycles. The molecule has 0 heterocycles. The summed E-state index contributed by atoms with van der Waals surface area (Å²) in [6, 6.07) is 0.133. The Morgan fingerprint density at radius 3 is 2.47 bits per heavy atom. The summed E-state index contributed by atoms with van der Waals surface area (Å²) in [7, 11) is 1.63. The molecule has 0 bridgehead atoms. The van der Waals surface area contributed by atoms with Gasteiger partial charge in [0.15, 0.2) is 0 Å². The van der Waals surface area contributed by atoms with Crippen LogP contribution < -0.4 is 5.32 Å². The van der Waals surface area contributed by atoms with Crippen molar-refractivity contribution < 1.29 is 14.3 Å². The highest BCUT2D eigenvalue weighted by atomic mass is 16.5. The summed E-state index contributed by atoms with van der Waals surface area (Å²) in [4.78, 5) is 24.4. The zero-order chi connectivity index (χ0) is 13.3. The highest BCUT2D eigenvalue weighted by Crippen LogP contribution is 2.00. The smallest absolute Gasteiger partial charge is 0.221 e. The fraction of sp³-hybridized carbons (Fsp3) is 0.833. The zero-order valence-corrected chi connectivity index (χ0v) is 11.3. The van der Waals surface area contributed by atoms with Crippen molar-refractivity contribution in [1.82, 2.24) is 10.2 Å². The highest BCUT2D eigenvalue weighted by Gasteiger charge is 2.13. The van der Waals surface area contributed by atoms with E-state index in [-0.39, 0.29) is 17.9 Å². The average molecular weight is 244 g/mol. The summed E-state index contributed by atoms with van der Waals surface area (Å²) in [5, 5.41) is 2.79. The fourth-order valence-electron chi connectivity index (χ4n) is 1.53. The summed E-state index contributed by atoms with van der Waals surface area (Å²) in [6.45, 7) is 7.15. The van der Waals surface area contributed by atoms with Crippen molar-refractivity contribution in [3.63, 3.8) is 0 Å². The molecule has 0 unspecified atom stereocenters. The van der Waals surface area contributed by atoms with Gasteiger partial charge in [0, 0.05) is 46.2 Å². The van der Waals surface area contributed by atoms with E-state index < -0.39 is 0 Å². The number of ether oxygens (including phenoxy) is 1. The Kier molecular flexibility index (Phi) is 8.40. The molecule has 0 spiro atoms. The maximum atomic E-state index is 11.5. The van der Waals surface area contributed by atoms with Gasteiger partial charge < -0.3 is 15.0 Å². The number of amides is 2. The molecule has 0 aromatic rings. The first-order valence-electron chi connectivity index (χ1n) is 6.02. The monoisotopic (exact) mass is 244 g/mol. The second-order valence-electron chi connectivity index (χ2n) is 4.25. The lowest BCUT2D eigenvalue weighted by Gasteiger charge is -2.24. The maximum Gasteiger partial charge on any atom is 0.221 e. The number of rotatable bonds is 8. The van der Waals surface area contributed by atoms with E-state index >= 15 is 0 Å². The van der Waals surface area contributed by atoms with Crippen LogP contribution in [0.1, 0.15) is 33.6 Å². The summed E-state index contributed by atoms with van der Waals surface area (Å²) < 4.78 is 4.88. The number of methoxy groups -OCH3 is 1. The molecule has 0 aromatic heterocycles. The van der Waals surface area contributed by atoms with Gasteiger partial charge in [0.25, 0.3) is 0 Å². The second kappa shape index (κ2) is 8.98. The number of nitrogens with zero attached hydrogens (tertiary/aromatic N) is 1. The Bertz CT molecular complexity index is 242. The van der Waals surface area contributed by atoms with Crippen LogP contribution in [0.5, 0.6) is 0 Å². The third-order valence-corrected chi connectivity index (χ3v) is 2.45. The lowest BCUT2D eigenvalue weighted by atomic mass is 10.2. The maximum absolute atomic E-state index is 11.5. The Morgan fingerprint density at radius 2 is 2.00 bits per heavy atom. The van der Waals surface area contributed by atoms with Crippen LogP contribution in [0.3, 0.4) is 0 Å². The van der Waals surface area contributed by atoms with Crippen LogP contribution in [-0.4, -0.2) is 49.6 Å². The zero-order valence-electron chi connectivity index (χ0n) is 11.3. The first-order valence-corrected chi connectivity index (χ1v) is 6.02. The molecule has 0 saturated heterocycles. The normalized spacial score (nSPS) is 10.4. The molecule has 1 N–H and O–H groups in total. The van der Waals surface area contributed by atoms with Gasteiger partial charge in [-0.25, -0.2) is 0 Å². The van der Waals surface area contributed by atoms with E-state index in [1.165, 1.54) is 6.92 Å². The molecule has 5 heteroatoms. The van der Waals surface area contributed by atoms with Gasteiger partial charge in [-0.2, -0.15) is 0 Å². The first-order chi connectivity index (χ1) is 7.99. The number of carbonyl (C=O) groups excluding carboxylic acids is 2. The lowest BCUT2D eigenvalue weighted by Crippen LogP contribution is -2.38. The minimum absolute atomic E-state index is 0.00665. The van der Waals surface area contributed by atoms with Gasteiger partial charge in [-0.05, 0) is 20.3 Å². The molecule has 100 valence electrons. The highest BCUT2D eigenvalue weighted by molar-refractivity contribution is 5.78. The van der Waals surface area contributed by atoms with Crippen molar-refractivity contribution in [3.8, 4) is 0 Å². The molecule has 5 nitrogen and oxygen atoms in total. The van der Waals surface area contributed by atoms with Crippen molar-refractivity contribution in [2.45, 2.75) is 39.7 Å². The van der Waals surface area contributed by atoms with Crippen molar-refractivity contribution in [1.29, 1.82) is 0 Å². The van der Waals surface area contributed by atoms with E-state index in [9.17, 15) is 9.59 Å². The molecule has 17 heavy (non-hydrogen) atoms. The van der Waals surface area contributed by atoms with Crippen LogP contribution in [0.2, 0.25) is 0 Å². The van der Waals surface area contributed by atoms with E-state index in [0.29, 0.717) is 26.1 Å². The third kappa shape index (κ3) is 7.74. The molecular weight excluding hydrogens is 220 g/mol. The Morgan fingerprint density at radius 1 is 1.35 bits per heavy atom. The summed E-state index contributed by atoms with van der Waals surface area (Å²) in [5.41, 5.74) is 0. The van der Waals surface area contributed by atoms with E-state index in [0.717, 1.165) is 6.42 Å². The molecule has 0 aliphatic carbocycles.